The number of rotatable bonds is 3. The van der Waals surface area contributed by atoms with E-state index in [1.54, 1.807) is 0 Å². The minimum Gasteiger partial charge on any atom is -0.494 e. The van der Waals surface area contributed by atoms with Gasteiger partial charge >= 0.3 is 6.09 Å². The van der Waals surface area contributed by atoms with Crippen LogP contribution in [0.15, 0.2) is 24.3 Å². The highest BCUT2D eigenvalue weighted by molar-refractivity contribution is 5.84. The molecule has 3 rings (SSSR count). The van der Waals surface area contributed by atoms with Gasteiger partial charge in [-0.25, -0.2) is 9.78 Å². The molecule has 2 heterocycles. The number of nitriles is 1. The Balaban J connectivity index is 1.94. The number of carbonyl (C=O) groups is 1. The Morgan fingerprint density at radius 2 is 2.16 bits per heavy atom. The van der Waals surface area contributed by atoms with E-state index < -0.39 is 6.09 Å². The first-order chi connectivity index (χ1) is 12.1. The van der Waals surface area contributed by atoms with E-state index in [1.807, 2.05) is 36.1 Å². The van der Waals surface area contributed by atoms with E-state index in [0.29, 0.717) is 50.6 Å². The normalized spacial score (nSPS) is 14.9. The molecule has 0 saturated carbocycles. The zero-order valence-electron chi connectivity index (χ0n) is 14.1. The number of hydrogen-bond donors (Lipinski definition) is 1. The molecule has 7 nitrogen and oxygen atoms in total. The molecule has 0 radical (unpaired) electrons. The molecule has 1 fully saturated rings. The summed E-state index contributed by atoms with van der Waals surface area (Å²) in [6, 6.07) is 9.66. The van der Waals surface area contributed by atoms with Crippen molar-refractivity contribution in [1.82, 2.24) is 9.88 Å². The molecular weight excluding hydrogens is 320 g/mol. The summed E-state index contributed by atoms with van der Waals surface area (Å²) in [5.41, 5.74) is 1.28. The molecule has 1 saturated heterocycles. The monoisotopic (exact) mass is 340 g/mol. The van der Waals surface area contributed by atoms with E-state index in [2.05, 4.69) is 11.1 Å². The smallest absolute Gasteiger partial charge is 0.407 e. The maximum absolute atomic E-state index is 11.2. The van der Waals surface area contributed by atoms with Crippen LogP contribution < -0.4 is 9.64 Å². The second-order valence-electron chi connectivity index (χ2n) is 5.87. The summed E-state index contributed by atoms with van der Waals surface area (Å²) in [6.45, 7) is 4.61. The number of aromatic nitrogens is 1. The highest BCUT2D eigenvalue weighted by atomic mass is 16.5. The lowest BCUT2D eigenvalue weighted by atomic mass is 10.1. The molecule has 0 bridgehead atoms. The van der Waals surface area contributed by atoms with Crippen LogP contribution in [0.1, 0.15) is 18.9 Å². The molecule has 1 N–H and O–H groups in total. The van der Waals surface area contributed by atoms with Crippen molar-refractivity contribution in [2.45, 2.75) is 13.3 Å². The second-order valence-corrected chi connectivity index (χ2v) is 5.87. The van der Waals surface area contributed by atoms with Gasteiger partial charge in [0.15, 0.2) is 0 Å². The van der Waals surface area contributed by atoms with Crippen LogP contribution in [-0.4, -0.2) is 53.9 Å². The first-order valence-corrected chi connectivity index (χ1v) is 8.33. The maximum atomic E-state index is 11.2. The van der Waals surface area contributed by atoms with E-state index in [0.717, 1.165) is 16.7 Å². The average Bonchev–Trinajstić information content (AvgIpc) is 2.87. The van der Waals surface area contributed by atoms with Crippen molar-refractivity contribution in [1.29, 1.82) is 5.26 Å². The molecule has 7 heteroatoms. The van der Waals surface area contributed by atoms with Crippen LogP contribution in [0.4, 0.5) is 10.6 Å². The fraction of sp³-hybridized carbons (Fsp3) is 0.389. The molecule has 1 aliphatic rings. The van der Waals surface area contributed by atoms with Gasteiger partial charge in [-0.3, -0.25) is 0 Å². The van der Waals surface area contributed by atoms with Crippen molar-refractivity contribution >= 4 is 22.8 Å². The fourth-order valence-corrected chi connectivity index (χ4v) is 3.04. The molecule has 0 spiro atoms. The number of hydrogen-bond acceptors (Lipinski definition) is 5. The van der Waals surface area contributed by atoms with E-state index in [9.17, 15) is 10.1 Å². The number of benzene rings is 1. The Morgan fingerprint density at radius 3 is 2.88 bits per heavy atom. The maximum Gasteiger partial charge on any atom is 0.407 e. The largest absolute Gasteiger partial charge is 0.494 e. The molecule has 130 valence electrons. The van der Waals surface area contributed by atoms with Gasteiger partial charge in [0, 0.05) is 31.6 Å². The van der Waals surface area contributed by atoms with E-state index in [4.69, 9.17) is 9.84 Å². The summed E-state index contributed by atoms with van der Waals surface area (Å²) >= 11 is 0. The van der Waals surface area contributed by atoms with Gasteiger partial charge in [0.25, 0.3) is 0 Å². The highest BCUT2D eigenvalue weighted by Crippen LogP contribution is 2.27. The zero-order chi connectivity index (χ0) is 17.8. The number of anilines is 1. The summed E-state index contributed by atoms with van der Waals surface area (Å²) in [4.78, 5) is 19.2. The number of nitrogens with zero attached hydrogens (tertiary/aromatic N) is 4. The SMILES string of the molecule is CCOc1ccc2nc(N3CCCN(C(=O)O)CC3)c(C#N)cc2c1. The Hall–Kier alpha value is -3.01. The number of carboxylic acid groups (broad SMARTS) is 1. The third-order valence-corrected chi connectivity index (χ3v) is 4.26. The topological polar surface area (TPSA) is 89.7 Å². The first kappa shape index (κ1) is 16.8. The molecule has 1 aliphatic heterocycles. The van der Waals surface area contributed by atoms with Crippen LogP contribution in [0.25, 0.3) is 10.9 Å². The van der Waals surface area contributed by atoms with Crippen LogP contribution in [-0.2, 0) is 0 Å². The molecule has 1 aromatic heterocycles. The van der Waals surface area contributed by atoms with Gasteiger partial charge < -0.3 is 19.6 Å². The quantitative estimate of drug-likeness (QED) is 0.924. The van der Waals surface area contributed by atoms with Gasteiger partial charge in [0.2, 0.25) is 0 Å². The van der Waals surface area contributed by atoms with Gasteiger partial charge in [0.05, 0.1) is 17.7 Å². The minimum atomic E-state index is -0.905. The van der Waals surface area contributed by atoms with Gasteiger partial charge in [0.1, 0.15) is 17.6 Å². The standard InChI is InChI=1S/C18H20N4O3/c1-2-25-15-4-5-16-13(11-15)10-14(12-19)17(20-16)21-6-3-7-22(9-8-21)18(23)24/h4-5,10-11H,2-3,6-9H2,1H3,(H,23,24). The van der Waals surface area contributed by atoms with Crippen molar-refractivity contribution in [2.24, 2.45) is 0 Å². The summed E-state index contributed by atoms with van der Waals surface area (Å²) in [6.07, 6.45) is -0.197. The Kier molecular flexibility index (Phi) is 4.89. The van der Waals surface area contributed by atoms with Crippen LogP contribution in [0.5, 0.6) is 5.75 Å². The van der Waals surface area contributed by atoms with E-state index in [-0.39, 0.29) is 0 Å². The van der Waals surface area contributed by atoms with Gasteiger partial charge in [-0.15, -0.1) is 0 Å². The average molecular weight is 340 g/mol. The molecule has 2 aromatic rings. The predicted octanol–water partition coefficient (Wildman–Crippen LogP) is 2.70. The molecular formula is C18H20N4O3. The Bertz CT molecular complexity index is 831. The lowest BCUT2D eigenvalue weighted by Gasteiger charge is -2.23. The molecule has 1 amide bonds. The zero-order valence-corrected chi connectivity index (χ0v) is 14.1. The Labute approximate surface area is 146 Å². The highest BCUT2D eigenvalue weighted by Gasteiger charge is 2.21. The van der Waals surface area contributed by atoms with Crippen molar-refractivity contribution in [3.8, 4) is 11.8 Å². The van der Waals surface area contributed by atoms with Gasteiger partial charge in [-0.1, -0.05) is 0 Å². The van der Waals surface area contributed by atoms with Crippen molar-refractivity contribution in [3.63, 3.8) is 0 Å². The van der Waals surface area contributed by atoms with Crippen LogP contribution in [0.2, 0.25) is 0 Å². The second kappa shape index (κ2) is 7.26. The predicted molar refractivity (Wildman–Crippen MR) is 94.1 cm³/mol. The van der Waals surface area contributed by atoms with Crippen molar-refractivity contribution in [2.75, 3.05) is 37.7 Å². The third kappa shape index (κ3) is 3.58. The van der Waals surface area contributed by atoms with Crippen molar-refractivity contribution < 1.29 is 14.6 Å². The lowest BCUT2D eigenvalue weighted by Crippen LogP contribution is -2.34. The minimum absolute atomic E-state index is 0.406. The molecule has 0 atom stereocenters. The molecule has 0 unspecified atom stereocenters. The summed E-state index contributed by atoms with van der Waals surface area (Å²) < 4.78 is 5.50. The van der Waals surface area contributed by atoms with Gasteiger partial charge in [-0.05, 0) is 37.6 Å². The molecule has 25 heavy (non-hydrogen) atoms. The van der Waals surface area contributed by atoms with Crippen LogP contribution >= 0.6 is 0 Å². The summed E-state index contributed by atoms with van der Waals surface area (Å²) in [7, 11) is 0. The molecule has 1 aromatic carbocycles. The molecule has 0 aliphatic carbocycles. The number of pyridine rings is 1. The van der Waals surface area contributed by atoms with E-state index in [1.165, 1.54) is 4.90 Å². The summed E-state index contributed by atoms with van der Waals surface area (Å²) in [5, 5.41) is 19.6. The number of ether oxygens (including phenoxy) is 1. The lowest BCUT2D eigenvalue weighted by molar-refractivity contribution is 0.148. The first-order valence-electron chi connectivity index (χ1n) is 8.33. The van der Waals surface area contributed by atoms with Crippen LogP contribution in [0.3, 0.4) is 0 Å². The number of amides is 1. The van der Waals surface area contributed by atoms with Gasteiger partial charge in [-0.2, -0.15) is 5.26 Å². The Morgan fingerprint density at radius 1 is 1.32 bits per heavy atom. The van der Waals surface area contributed by atoms with E-state index >= 15 is 0 Å². The van der Waals surface area contributed by atoms with Crippen LogP contribution in [0, 0.1) is 11.3 Å². The van der Waals surface area contributed by atoms with Crippen molar-refractivity contribution in [3.05, 3.63) is 29.8 Å². The number of fused-ring (bicyclic) bond motifs is 1. The summed E-state index contributed by atoms with van der Waals surface area (Å²) in [5.74, 6) is 1.37. The fourth-order valence-electron chi connectivity index (χ4n) is 3.04. The third-order valence-electron chi connectivity index (χ3n) is 4.26.